The first-order valence-electron chi connectivity index (χ1n) is 13.9. The highest BCUT2D eigenvalue weighted by Crippen LogP contribution is 2.32. The van der Waals surface area contributed by atoms with Crippen LogP contribution in [0, 0.1) is 0 Å². The topological polar surface area (TPSA) is 89.6 Å². The van der Waals surface area contributed by atoms with Crippen LogP contribution >= 0.6 is 0 Å². The molecule has 9 nitrogen and oxygen atoms in total. The number of carbonyl (C=O) groups is 1. The summed E-state index contributed by atoms with van der Waals surface area (Å²) in [4.78, 5) is 31.6. The van der Waals surface area contributed by atoms with Crippen LogP contribution in [0.4, 0.5) is 11.4 Å². The summed E-state index contributed by atoms with van der Waals surface area (Å²) in [7, 11) is 4.25. The molecular weight excluding hydrogens is 502 g/mol. The van der Waals surface area contributed by atoms with Crippen LogP contribution in [0.15, 0.2) is 73.1 Å². The van der Waals surface area contributed by atoms with Gasteiger partial charge in [0.2, 0.25) is 11.8 Å². The summed E-state index contributed by atoms with van der Waals surface area (Å²) < 4.78 is 6.16. The van der Waals surface area contributed by atoms with Crippen LogP contribution in [0.2, 0.25) is 0 Å². The van der Waals surface area contributed by atoms with Crippen molar-refractivity contribution >= 4 is 28.3 Å². The summed E-state index contributed by atoms with van der Waals surface area (Å²) in [5.41, 5.74) is 4.62. The summed E-state index contributed by atoms with van der Waals surface area (Å²) in [6.45, 7) is 5.01. The molecule has 1 aliphatic carbocycles. The average molecular weight is 538 g/mol. The van der Waals surface area contributed by atoms with Gasteiger partial charge in [-0.25, -0.2) is 9.97 Å². The van der Waals surface area contributed by atoms with Crippen molar-refractivity contribution in [2.75, 3.05) is 57.0 Å². The Hall–Kier alpha value is -4.21. The minimum Gasteiger partial charge on any atom is -0.438 e. The number of ether oxygens (including phenoxy) is 1. The number of aromatic nitrogens is 3. The van der Waals surface area contributed by atoms with Gasteiger partial charge in [0.05, 0.1) is 5.39 Å². The van der Waals surface area contributed by atoms with Crippen LogP contribution in [0.5, 0.6) is 11.6 Å². The molecule has 2 N–H and O–H groups in total. The Balaban J connectivity index is 1.13. The smallest absolute Gasteiger partial charge is 0.248 e. The minimum absolute atomic E-state index is 0.167. The molecule has 206 valence electrons. The van der Waals surface area contributed by atoms with Gasteiger partial charge in [-0.2, -0.15) is 0 Å². The molecule has 1 saturated carbocycles. The summed E-state index contributed by atoms with van der Waals surface area (Å²) in [6.07, 6.45) is 7.46. The van der Waals surface area contributed by atoms with Crippen molar-refractivity contribution in [1.82, 2.24) is 24.8 Å². The Bertz CT molecular complexity index is 1500. The van der Waals surface area contributed by atoms with E-state index in [9.17, 15) is 4.79 Å². The van der Waals surface area contributed by atoms with E-state index in [0.29, 0.717) is 29.0 Å². The van der Waals surface area contributed by atoms with Crippen LogP contribution in [-0.4, -0.2) is 83.5 Å². The predicted molar refractivity (Wildman–Crippen MR) is 159 cm³/mol. The number of aromatic amines is 1. The zero-order valence-corrected chi connectivity index (χ0v) is 23.0. The zero-order valence-electron chi connectivity index (χ0n) is 23.0. The molecule has 2 aromatic heterocycles. The number of piperazine rings is 1. The SMILES string of the molecule is CN1CCN(c2ccc(-c3cc4c(Oc5cccc(NC(=O)/C=C/CN(C)C6CC6)c5)ncnc4[nH]3)cc2)CC1. The standard InChI is InChI=1S/C31H35N7O2/c1-36-15-17-38(18-16-36)25-10-8-22(9-11-25)28-20-27-30(35-28)32-21-33-31(27)40-26-6-3-5-23(19-26)34-29(39)7-4-14-37(2)24-12-13-24/h3-11,19-21,24H,12-18H2,1-2H3,(H,34,39)(H,32,33,35)/b7-4+. The fraction of sp³-hybridized carbons (Fsp3) is 0.323. The van der Waals surface area contributed by atoms with E-state index < -0.39 is 0 Å². The molecule has 40 heavy (non-hydrogen) atoms. The normalized spacial score (nSPS) is 16.2. The van der Waals surface area contributed by atoms with Crippen molar-refractivity contribution < 1.29 is 9.53 Å². The fourth-order valence-corrected chi connectivity index (χ4v) is 4.99. The third-order valence-corrected chi connectivity index (χ3v) is 7.58. The third kappa shape index (κ3) is 6.16. The van der Waals surface area contributed by atoms with Crippen LogP contribution in [-0.2, 0) is 4.79 Å². The van der Waals surface area contributed by atoms with Gasteiger partial charge in [0.25, 0.3) is 0 Å². The number of nitrogens with one attached hydrogen (secondary N) is 2. The van der Waals surface area contributed by atoms with E-state index in [1.54, 1.807) is 12.1 Å². The molecule has 0 bridgehead atoms. The highest BCUT2D eigenvalue weighted by atomic mass is 16.5. The van der Waals surface area contributed by atoms with E-state index in [1.807, 2.05) is 30.3 Å². The van der Waals surface area contributed by atoms with Crippen LogP contribution in [0.1, 0.15) is 12.8 Å². The van der Waals surface area contributed by atoms with E-state index in [2.05, 4.69) is 73.3 Å². The Kier molecular flexibility index (Phi) is 7.48. The van der Waals surface area contributed by atoms with Gasteiger partial charge in [-0.05, 0) is 62.8 Å². The second-order valence-electron chi connectivity index (χ2n) is 10.7. The first kappa shape index (κ1) is 26.0. The largest absolute Gasteiger partial charge is 0.438 e. The first-order chi connectivity index (χ1) is 19.5. The maximum atomic E-state index is 12.4. The monoisotopic (exact) mass is 537 g/mol. The van der Waals surface area contributed by atoms with E-state index in [0.717, 1.165) is 49.4 Å². The number of fused-ring (bicyclic) bond motifs is 1. The number of likely N-dealkylation sites (N-methyl/N-ethyl adjacent to an activating group) is 2. The van der Waals surface area contributed by atoms with E-state index in [1.165, 1.54) is 24.9 Å². The molecule has 0 radical (unpaired) electrons. The lowest BCUT2D eigenvalue weighted by Crippen LogP contribution is -2.44. The Morgan fingerprint density at radius 1 is 1.10 bits per heavy atom. The molecule has 2 fully saturated rings. The lowest BCUT2D eigenvalue weighted by atomic mass is 10.1. The van der Waals surface area contributed by atoms with Crippen LogP contribution < -0.4 is 15.0 Å². The number of nitrogens with zero attached hydrogens (tertiary/aromatic N) is 5. The van der Waals surface area contributed by atoms with E-state index in [-0.39, 0.29) is 5.91 Å². The van der Waals surface area contributed by atoms with Gasteiger partial charge in [0.1, 0.15) is 17.7 Å². The summed E-state index contributed by atoms with van der Waals surface area (Å²) in [6, 6.07) is 18.6. The highest BCUT2D eigenvalue weighted by molar-refractivity contribution is 5.99. The van der Waals surface area contributed by atoms with Crippen molar-refractivity contribution in [2.45, 2.75) is 18.9 Å². The minimum atomic E-state index is -0.167. The molecule has 9 heteroatoms. The molecule has 3 heterocycles. The molecule has 1 amide bonds. The molecule has 2 aliphatic rings. The molecular formula is C31H35N7O2. The lowest BCUT2D eigenvalue weighted by Gasteiger charge is -2.34. The van der Waals surface area contributed by atoms with Crippen molar-refractivity contribution in [3.63, 3.8) is 0 Å². The van der Waals surface area contributed by atoms with Crippen LogP contribution in [0.25, 0.3) is 22.3 Å². The van der Waals surface area contributed by atoms with Gasteiger partial charge in [-0.1, -0.05) is 24.3 Å². The quantitative estimate of drug-likeness (QED) is 0.298. The molecule has 2 aromatic carbocycles. The summed E-state index contributed by atoms with van der Waals surface area (Å²) in [5.74, 6) is 0.863. The maximum absolute atomic E-state index is 12.4. The molecule has 0 atom stereocenters. The van der Waals surface area contributed by atoms with E-state index in [4.69, 9.17) is 4.74 Å². The van der Waals surface area contributed by atoms with Gasteiger partial charge in [0.15, 0.2) is 0 Å². The number of hydrogen-bond donors (Lipinski definition) is 2. The number of amides is 1. The summed E-state index contributed by atoms with van der Waals surface area (Å²) in [5, 5.41) is 3.70. The number of anilines is 2. The molecule has 1 aliphatic heterocycles. The average Bonchev–Trinajstić information content (AvgIpc) is 3.72. The van der Waals surface area contributed by atoms with Crippen molar-refractivity contribution in [3.8, 4) is 22.9 Å². The highest BCUT2D eigenvalue weighted by Gasteiger charge is 2.24. The zero-order chi connectivity index (χ0) is 27.5. The number of benzene rings is 2. The Morgan fingerprint density at radius 2 is 1.90 bits per heavy atom. The Labute approximate surface area is 234 Å². The van der Waals surface area contributed by atoms with Gasteiger partial charge in [-0.3, -0.25) is 9.69 Å². The molecule has 0 unspecified atom stereocenters. The van der Waals surface area contributed by atoms with Crippen molar-refractivity contribution in [3.05, 3.63) is 73.1 Å². The predicted octanol–water partition coefficient (Wildman–Crippen LogP) is 4.76. The van der Waals surface area contributed by atoms with Gasteiger partial charge >= 0.3 is 0 Å². The second-order valence-corrected chi connectivity index (χ2v) is 10.7. The molecule has 0 spiro atoms. The van der Waals surface area contributed by atoms with Gasteiger partial charge in [0, 0.05) is 68.0 Å². The lowest BCUT2D eigenvalue weighted by molar-refractivity contribution is -0.111. The summed E-state index contributed by atoms with van der Waals surface area (Å²) >= 11 is 0. The van der Waals surface area contributed by atoms with Crippen molar-refractivity contribution in [1.29, 1.82) is 0 Å². The van der Waals surface area contributed by atoms with Crippen molar-refractivity contribution in [2.24, 2.45) is 0 Å². The molecule has 1 saturated heterocycles. The van der Waals surface area contributed by atoms with E-state index >= 15 is 0 Å². The molecule has 4 aromatic rings. The number of rotatable bonds is 9. The third-order valence-electron chi connectivity index (χ3n) is 7.58. The van der Waals surface area contributed by atoms with Crippen LogP contribution in [0.3, 0.4) is 0 Å². The number of carbonyl (C=O) groups excluding carboxylic acids is 1. The Morgan fingerprint density at radius 3 is 2.67 bits per heavy atom. The van der Waals surface area contributed by atoms with Gasteiger partial charge < -0.3 is 24.8 Å². The fourth-order valence-electron chi connectivity index (χ4n) is 4.99. The molecule has 6 rings (SSSR count). The second kappa shape index (κ2) is 11.5. The number of H-pyrrole nitrogens is 1. The maximum Gasteiger partial charge on any atom is 0.248 e. The van der Waals surface area contributed by atoms with Gasteiger partial charge in [-0.15, -0.1) is 0 Å². The first-order valence-corrected chi connectivity index (χ1v) is 13.9. The number of hydrogen-bond acceptors (Lipinski definition) is 7.